The molecule has 5 nitrogen and oxygen atoms in total. The number of hydrogen-bond acceptors (Lipinski definition) is 5. The van der Waals surface area contributed by atoms with Crippen LogP contribution in [-0.4, -0.2) is 110 Å². The monoisotopic (exact) mass is 386 g/mol. The molecule has 0 bridgehead atoms. The van der Waals surface area contributed by atoms with Gasteiger partial charge < -0.3 is 14.5 Å². The van der Waals surface area contributed by atoms with Crippen molar-refractivity contribution in [1.82, 2.24) is 19.6 Å². The minimum absolute atomic E-state index is 0.689. The standard InChI is InChI=1S/C8H18N2.C7H15NO.C7H17N/c1-8(2)10-6-4-9(3)5-7-10;1-7(2)8-3-5-9-6-4-8;1-5-8(6-2)7(3)4/h8H,4-7H2,1-3H3;7H,3-6H2,1-2H3;7H,5-6H2,1-4H3. The minimum Gasteiger partial charge on any atom is -0.379 e. The first-order valence-corrected chi connectivity index (χ1v) is 11.2. The summed E-state index contributed by atoms with van der Waals surface area (Å²) in [6.45, 7) is 29.2. The molecular formula is C22H50N4O. The molecule has 2 aliphatic heterocycles. The first kappa shape index (κ1) is 26.8. The second kappa shape index (κ2) is 15.7. The Hall–Kier alpha value is -0.200. The maximum absolute atomic E-state index is 5.21. The summed E-state index contributed by atoms with van der Waals surface area (Å²) >= 11 is 0. The fourth-order valence-corrected chi connectivity index (χ4v) is 3.39. The highest BCUT2D eigenvalue weighted by Crippen LogP contribution is 2.03. The van der Waals surface area contributed by atoms with Gasteiger partial charge in [-0.05, 0) is 61.7 Å². The Morgan fingerprint density at radius 3 is 1.37 bits per heavy atom. The molecule has 164 valence electrons. The smallest absolute Gasteiger partial charge is 0.0594 e. The van der Waals surface area contributed by atoms with Gasteiger partial charge in [-0.3, -0.25) is 9.80 Å². The molecule has 2 aliphatic rings. The lowest BCUT2D eigenvalue weighted by Gasteiger charge is -2.34. The number of ether oxygens (including phenoxy) is 1. The van der Waals surface area contributed by atoms with E-state index in [0.717, 1.165) is 32.3 Å². The predicted octanol–water partition coefficient (Wildman–Crippen LogP) is 3.11. The average molecular weight is 387 g/mol. The van der Waals surface area contributed by atoms with Gasteiger partial charge in [0.15, 0.2) is 0 Å². The van der Waals surface area contributed by atoms with Crippen LogP contribution < -0.4 is 0 Å². The van der Waals surface area contributed by atoms with E-state index in [9.17, 15) is 0 Å². The van der Waals surface area contributed by atoms with Crippen LogP contribution in [0.25, 0.3) is 0 Å². The van der Waals surface area contributed by atoms with Crippen molar-refractivity contribution in [2.24, 2.45) is 0 Å². The lowest BCUT2D eigenvalue weighted by Crippen LogP contribution is -2.47. The Kier molecular flexibility index (Phi) is 15.6. The zero-order chi connectivity index (χ0) is 20.8. The molecule has 0 amide bonds. The lowest BCUT2D eigenvalue weighted by atomic mass is 10.2. The highest BCUT2D eigenvalue weighted by molar-refractivity contribution is 4.71. The van der Waals surface area contributed by atoms with E-state index in [-0.39, 0.29) is 0 Å². The normalized spacial score (nSPS) is 19.9. The molecule has 2 saturated heterocycles. The zero-order valence-corrected chi connectivity index (χ0v) is 20.0. The van der Waals surface area contributed by atoms with Crippen molar-refractivity contribution in [2.45, 2.75) is 73.5 Å². The molecule has 0 N–H and O–H groups in total. The lowest BCUT2D eigenvalue weighted by molar-refractivity contribution is 0.0238. The fraction of sp³-hybridized carbons (Fsp3) is 1.00. The second-order valence-electron chi connectivity index (χ2n) is 8.49. The molecule has 0 atom stereocenters. The largest absolute Gasteiger partial charge is 0.379 e. The third kappa shape index (κ3) is 12.8. The predicted molar refractivity (Wildman–Crippen MR) is 120 cm³/mol. The Balaban J connectivity index is 0.000000379. The topological polar surface area (TPSA) is 22.2 Å². The van der Waals surface area contributed by atoms with Gasteiger partial charge in [-0.1, -0.05) is 13.8 Å². The average Bonchev–Trinajstić information content (AvgIpc) is 2.64. The van der Waals surface area contributed by atoms with Gasteiger partial charge in [0.1, 0.15) is 0 Å². The maximum atomic E-state index is 5.21. The van der Waals surface area contributed by atoms with Crippen LogP contribution in [0.3, 0.4) is 0 Å². The van der Waals surface area contributed by atoms with E-state index in [4.69, 9.17) is 4.74 Å². The Morgan fingerprint density at radius 1 is 0.704 bits per heavy atom. The van der Waals surface area contributed by atoms with Crippen molar-refractivity contribution in [3.63, 3.8) is 0 Å². The first-order valence-electron chi connectivity index (χ1n) is 11.2. The summed E-state index contributed by atoms with van der Waals surface area (Å²) in [6.07, 6.45) is 0. The van der Waals surface area contributed by atoms with Crippen molar-refractivity contribution in [1.29, 1.82) is 0 Å². The Morgan fingerprint density at radius 2 is 1.11 bits per heavy atom. The SMILES string of the molecule is CC(C)N1CCN(C)CC1.CC(C)N1CCOCC1.CCN(CC)C(C)C. The van der Waals surface area contributed by atoms with Crippen molar-refractivity contribution in [2.75, 3.05) is 72.6 Å². The van der Waals surface area contributed by atoms with Crippen LogP contribution >= 0.6 is 0 Å². The molecule has 2 rings (SSSR count). The molecule has 0 aromatic heterocycles. The molecule has 0 saturated carbocycles. The number of morpholine rings is 1. The molecule has 0 unspecified atom stereocenters. The minimum atomic E-state index is 0.689. The Labute approximate surface area is 171 Å². The van der Waals surface area contributed by atoms with Crippen LogP contribution in [0.15, 0.2) is 0 Å². The summed E-state index contributed by atoms with van der Waals surface area (Å²) in [6, 6.07) is 2.13. The summed E-state index contributed by atoms with van der Waals surface area (Å²) in [5.41, 5.74) is 0. The maximum Gasteiger partial charge on any atom is 0.0594 e. The third-order valence-electron chi connectivity index (χ3n) is 5.59. The van der Waals surface area contributed by atoms with E-state index in [1.807, 2.05) is 0 Å². The van der Waals surface area contributed by atoms with Crippen molar-refractivity contribution >= 4 is 0 Å². The number of piperazine rings is 1. The van der Waals surface area contributed by atoms with Gasteiger partial charge in [0.05, 0.1) is 13.2 Å². The summed E-state index contributed by atoms with van der Waals surface area (Å²) in [5.74, 6) is 0. The first-order chi connectivity index (χ1) is 12.7. The van der Waals surface area contributed by atoms with E-state index in [0.29, 0.717) is 12.1 Å². The number of hydrogen-bond donors (Lipinski definition) is 0. The van der Waals surface area contributed by atoms with E-state index in [2.05, 4.69) is 82.0 Å². The van der Waals surface area contributed by atoms with Gasteiger partial charge in [0.2, 0.25) is 0 Å². The van der Waals surface area contributed by atoms with Gasteiger partial charge in [0, 0.05) is 57.4 Å². The zero-order valence-electron chi connectivity index (χ0n) is 20.0. The van der Waals surface area contributed by atoms with Crippen LogP contribution in [0.2, 0.25) is 0 Å². The summed E-state index contributed by atoms with van der Waals surface area (Å²) < 4.78 is 5.21. The quantitative estimate of drug-likeness (QED) is 0.722. The van der Waals surface area contributed by atoms with Gasteiger partial charge in [0.25, 0.3) is 0 Å². The van der Waals surface area contributed by atoms with Crippen LogP contribution in [0, 0.1) is 0 Å². The number of likely N-dealkylation sites (N-methyl/N-ethyl adjacent to an activating group) is 1. The summed E-state index contributed by atoms with van der Waals surface area (Å²) in [4.78, 5) is 9.77. The molecule has 0 aromatic rings. The molecule has 0 aromatic carbocycles. The van der Waals surface area contributed by atoms with E-state index in [1.165, 1.54) is 39.3 Å². The third-order valence-corrected chi connectivity index (χ3v) is 5.59. The molecule has 5 heteroatoms. The van der Waals surface area contributed by atoms with Gasteiger partial charge in [-0.2, -0.15) is 0 Å². The van der Waals surface area contributed by atoms with E-state index in [1.54, 1.807) is 0 Å². The van der Waals surface area contributed by atoms with E-state index < -0.39 is 0 Å². The fourth-order valence-electron chi connectivity index (χ4n) is 3.39. The molecule has 2 fully saturated rings. The van der Waals surface area contributed by atoms with Gasteiger partial charge in [-0.25, -0.2) is 0 Å². The van der Waals surface area contributed by atoms with Crippen molar-refractivity contribution in [3.8, 4) is 0 Å². The highest BCUT2D eigenvalue weighted by Gasteiger charge is 2.15. The van der Waals surface area contributed by atoms with Crippen molar-refractivity contribution < 1.29 is 4.74 Å². The molecule has 0 radical (unpaired) electrons. The molecule has 0 aliphatic carbocycles. The van der Waals surface area contributed by atoms with Crippen LogP contribution in [0.4, 0.5) is 0 Å². The molecule has 27 heavy (non-hydrogen) atoms. The van der Waals surface area contributed by atoms with Gasteiger partial charge in [-0.15, -0.1) is 0 Å². The molecular weight excluding hydrogens is 336 g/mol. The molecule has 0 spiro atoms. The van der Waals surface area contributed by atoms with Crippen LogP contribution in [-0.2, 0) is 4.74 Å². The summed E-state index contributed by atoms with van der Waals surface area (Å²) in [7, 11) is 2.19. The highest BCUT2D eigenvalue weighted by atomic mass is 16.5. The van der Waals surface area contributed by atoms with Crippen LogP contribution in [0.1, 0.15) is 55.4 Å². The Bertz CT molecular complexity index is 318. The summed E-state index contributed by atoms with van der Waals surface area (Å²) in [5, 5.41) is 0. The second-order valence-corrected chi connectivity index (χ2v) is 8.49. The van der Waals surface area contributed by atoms with Crippen LogP contribution in [0.5, 0.6) is 0 Å². The number of nitrogens with zero attached hydrogens (tertiary/aromatic N) is 4. The molecule has 2 heterocycles. The number of rotatable bonds is 5. The van der Waals surface area contributed by atoms with E-state index >= 15 is 0 Å². The van der Waals surface area contributed by atoms with Gasteiger partial charge >= 0.3 is 0 Å². The van der Waals surface area contributed by atoms with Crippen molar-refractivity contribution in [3.05, 3.63) is 0 Å².